The monoisotopic (exact) mass is 363 g/mol. The van der Waals surface area contributed by atoms with Crippen LogP contribution in [0.3, 0.4) is 0 Å². The molecule has 0 saturated carbocycles. The van der Waals surface area contributed by atoms with E-state index in [0.717, 1.165) is 5.56 Å². The number of hydrazone groups is 1. The molecule has 1 amide bonds. The van der Waals surface area contributed by atoms with Crippen LogP contribution in [-0.4, -0.2) is 12.1 Å². The zero-order valence-electron chi connectivity index (χ0n) is 13.6. The molecular formula is C20H14ClN3O2. The first-order valence-electron chi connectivity index (χ1n) is 7.81. The van der Waals surface area contributed by atoms with Gasteiger partial charge in [-0.05, 0) is 42.0 Å². The van der Waals surface area contributed by atoms with Crippen molar-refractivity contribution >= 4 is 23.7 Å². The van der Waals surface area contributed by atoms with Crippen molar-refractivity contribution in [3.63, 3.8) is 0 Å². The number of carbonyl (C=O) groups is 1. The molecule has 0 fully saturated rings. The second kappa shape index (κ2) is 8.15. The van der Waals surface area contributed by atoms with Crippen LogP contribution in [-0.2, 0) is 11.2 Å². The lowest BCUT2D eigenvalue weighted by molar-refractivity contribution is -0.120. The summed E-state index contributed by atoms with van der Waals surface area (Å²) in [6.07, 6.45) is 1.62. The highest BCUT2D eigenvalue weighted by molar-refractivity contribution is 6.30. The van der Waals surface area contributed by atoms with Gasteiger partial charge in [-0.1, -0.05) is 35.9 Å². The van der Waals surface area contributed by atoms with Crippen LogP contribution in [0.5, 0.6) is 0 Å². The van der Waals surface area contributed by atoms with Crippen LogP contribution in [0.15, 0.2) is 70.2 Å². The van der Waals surface area contributed by atoms with E-state index in [2.05, 4.69) is 16.6 Å². The lowest BCUT2D eigenvalue weighted by Crippen LogP contribution is -2.19. The van der Waals surface area contributed by atoms with E-state index in [1.807, 2.05) is 12.1 Å². The standard InChI is InChI=1S/C20H14ClN3O2/c21-16-7-5-14(6-8-16)11-20(25)24-23-13-17-9-10-19(26-17)18-4-2-1-3-15(18)12-22/h1-10,13H,11H2,(H,24,25)/b23-13-. The molecule has 0 saturated heterocycles. The highest BCUT2D eigenvalue weighted by Gasteiger charge is 2.08. The molecule has 128 valence electrons. The molecule has 0 radical (unpaired) electrons. The fourth-order valence-electron chi connectivity index (χ4n) is 2.36. The predicted molar refractivity (Wildman–Crippen MR) is 99.8 cm³/mol. The number of carbonyl (C=O) groups excluding carboxylic acids is 1. The van der Waals surface area contributed by atoms with E-state index in [1.54, 1.807) is 48.5 Å². The molecular weight excluding hydrogens is 350 g/mol. The van der Waals surface area contributed by atoms with Crippen LogP contribution in [0, 0.1) is 11.3 Å². The minimum Gasteiger partial charge on any atom is -0.455 e. The first kappa shape index (κ1) is 17.5. The summed E-state index contributed by atoms with van der Waals surface area (Å²) in [5.74, 6) is 0.792. The van der Waals surface area contributed by atoms with Gasteiger partial charge in [-0.2, -0.15) is 10.4 Å². The number of rotatable bonds is 5. The van der Waals surface area contributed by atoms with Gasteiger partial charge in [0.2, 0.25) is 5.91 Å². The van der Waals surface area contributed by atoms with Crippen LogP contribution in [0.25, 0.3) is 11.3 Å². The van der Waals surface area contributed by atoms with Crippen molar-refractivity contribution < 1.29 is 9.21 Å². The topological polar surface area (TPSA) is 78.4 Å². The second-order valence-corrected chi connectivity index (χ2v) is 5.89. The Balaban J connectivity index is 1.61. The summed E-state index contributed by atoms with van der Waals surface area (Å²) >= 11 is 5.81. The van der Waals surface area contributed by atoms with Crippen molar-refractivity contribution in [3.8, 4) is 17.4 Å². The maximum atomic E-state index is 11.9. The van der Waals surface area contributed by atoms with Crippen molar-refractivity contribution in [2.45, 2.75) is 6.42 Å². The molecule has 5 nitrogen and oxygen atoms in total. The molecule has 0 aliphatic rings. The molecule has 1 N–H and O–H groups in total. The van der Waals surface area contributed by atoms with Gasteiger partial charge >= 0.3 is 0 Å². The number of hydrogen-bond donors (Lipinski definition) is 1. The Morgan fingerprint density at radius 2 is 1.92 bits per heavy atom. The van der Waals surface area contributed by atoms with Gasteiger partial charge in [-0.25, -0.2) is 5.43 Å². The van der Waals surface area contributed by atoms with E-state index >= 15 is 0 Å². The molecule has 3 rings (SSSR count). The van der Waals surface area contributed by atoms with Crippen molar-refractivity contribution in [1.29, 1.82) is 5.26 Å². The van der Waals surface area contributed by atoms with Crippen molar-refractivity contribution in [2.24, 2.45) is 5.10 Å². The van der Waals surface area contributed by atoms with Crippen LogP contribution >= 0.6 is 11.6 Å². The third-order valence-electron chi connectivity index (χ3n) is 3.60. The van der Waals surface area contributed by atoms with E-state index in [1.165, 1.54) is 6.21 Å². The third kappa shape index (κ3) is 4.38. The summed E-state index contributed by atoms with van der Waals surface area (Å²) in [4.78, 5) is 11.9. The Morgan fingerprint density at radius 1 is 1.15 bits per heavy atom. The fraction of sp³-hybridized carbons (Fsp3) is 0.0500. The number of nitrogens with zero attached hydrogens (tertiary/aromatic N) is 2. The summed E-state index contributed by atoms with van der Waals surface area (Å²) in [5, 5.41) is 13.7. The maximum absolute atomic E-state index is 11.9. The normalized spacial score (nSPS) is 10.6. The first-order chi connectivity index (χ1) is 12.7. The van der Waals surface area contributed by atoms with Crippen LogP contribution < -0.4 is 5.43 Å². The van der Waals surface area contributed by atoms with Crippen LogP contribution in [0.2, 0.25) is 5.02 Å². The van der Waals surface area contributed by atoms with Gasteiger partial charge < -0.3 is 4.42 Å². The van der Waals surface area contributed by atoms with E-state index in [0.29, 0.717) is 27.7 Å². The number of hydrogen-bond acceptors (Lipinski definition) is 4. The molecule has 0 aliphatic heterocycles. The van der Waals surface area contributed by atoms with Gasteiger partial charge in [0.1, 0.15) is 11.5 Å². The minimum atomic E-state index is -0.245. The highest BCUT2D eigenvalue weighted by Crippen LogP contribution is 2.24. The number of nitriles is 1. The van der Waals surface area contributed by atoms with Gasteiger partial charge in [0.25, 0.3) is 0 Å². The van der Waals surface area contributed by atoms with Gasteiger partial charge in [0.05, 0.1) is 24.3 Å². The van der Waals surface area contributed by atoms with Crippen molar-refractivity contribution in [1.82, 2.24) is 5.43 Å². The molecule has 0 aliphatic carbocycles. The van der Waals surface area contributed by atoms with E-state index in [4.69, 9.17) is 21.3 Å². The quantitative estimate of drug-likeness (QED) is 0.546. The lowest BCUT2D eigenvalue weighted by atomic mass is 10.1. The summed E-state index contributed by atoms with van der Waals surface area (Å²) in [6, 6.07) is 19.8. The van der Waals surface area contributed by atoms with Gasteiger partial charge in [0.15, 0.2) is 0 Å². The molecule has 1 heterocycles. The highest BCUT2D eigenvalue weighted by atomic mass is 35.5. The largest absolute Gasteiger partial charge is 0.455 e. The number of nitrogens with one attached hydrogen (secondary N) is 1. The van der Waals surface area contributed by atoms with Crippen LogP contribution in [0.4, 0.5) is 0 Å². The van der Waals surface area contributed by atoms with E-state index in [-0.39, 0.29) is 12.3 Å². The average molecular weight is 364 g/mol. The first-order valence-corrected chi connectivity index (χ1v) is 8.19. The summed E-state index contributed by atoms with van der Waals surface area (Å²) in [7, 11) is 0. The Morgan fingerprint density at radius 3 is 2.69 bits per heavy atom. The van der Waals surface area contributed by atoms with Gasteiger partial charge in [0, 0.05) is 10.6 Å². The minimum absolute atomic E-state index is 0.202. The molecule has 3 aromatic rings. The zero-order chi connectivity index (χ0) is 18.4. The van der Waals surface area contributed by atoms with Gasteiger partial charge in [-0.3, -0.25) is 4.79 Å². The van der Waals surface area contributed by atoms with Gasteiger partial charge in [-0.15, -0.1) is 0 Å². The lowest BCUT2D eigenvalue weighted by Gasteiger charge is -2.00. The number of benzene rings is 2. The van der Waals surface area contributed by atoms with Crippen molar-refractivity contribution in [2.75, 3.05) is 0 Å². The second-order valence-electron chi connectivity index (χ2n) is 5.46. The summed E-state index contributed by atoms with van der Waals surface area (Å²) in [5.41, 5.74) is 4.53. The zero-order valence-corrected chi connectivity index (χ0v) is 14.4. The molecule has 0 spiro atoms. The Kier molecular flexibility index (Phi) is 5.47. The van der Waals surface area contributed by atoms with E-state index < -0.39 is 0 Å². The molecule has 0 bridgehead atoms. The third-order valence-corrected chi connectivity index (χ3v) is 3.85. The number of furan rings is 1. The predicted octanol–water partition coefficient (Wildman–Crippen LogP) is 4.16. The Hall–Kier alpha value is -3.36. The number of halogens is 1. The molecule has 1 aromatic heterocycles. The smallest absolute Gasteiger partial charge is 0.244 e. The average Bonchev–Trinajstić information content (AvgIpc) is 3.12. The molecule has 2 aromatic carbocycles. The Bertz CT molecular complexity index is 985. The molecule has 0 unspecified atom stereocenters. The molecule has 0 atom stereocenters. The van der Waals surface area contributed by atoms with E-state index in [9.17, 15) is 4.79 Å². The Labute approximate surface area is 155 Å². The molecule has 26 heavy (non-hydrogen) atoms. The summed E-state index contributed by atoms with van der Waals surface area (Å²) < 4.78 is 5.66. The molecule has 6 heteroatoms. The summed E-state index contributed by atoms with van der Waals surface area (Å²) in [6.45, 7) is 0. The number of amides is 1. The fourth-order valence-corrected chi connectivity index (χ4v) is 2.48. The van der Waals surface area contributed by atoms with Crippen LogP contribution in [0.1, 0.15) is 16.9 Å². The maximum Gasteiger partial charge on any atom is 0.244 e. The SMILES string of the molecule is N#Cc1ccccc1-c1ccc(/C=N\NC(=O)Cc2ccc(Cl)cc2)o1. The van der Waals surface area contributed by atoms with Crippen molar-refractivity contribution in [3.05, 3.63) is 82.6 Å².